The van der Waals surface area contributed by atoms with Gasteiger partial charge in [-0.1, -0.05) is 0 Å². The summed E-state index contributed by atoms with van der Waals surface area (Å²) in [7, 11) is 3.98. The highest BCUT2D eigenvalue weighted by atomic mass is 15.3. The second-order valence-electron chi connectivity index (χ2n) is 4.68. The molecule has 2 aromatic rings. The lowest BCUT2D eigenvalue weighted by Gasteiger charge is -2.18. The summed E-state index contributed by atoms with van der Waals surface area (Å²) in [6.07, 6.45) is 4.69. The molecule has 0 bridgehead atoms. The molecule has 96 valence electrons. The molecule has 0 fully saturated rings. The van der Waals surface area contributed by atoms with E-state index in [4.69, 9.17) is 0 Å². The van der Waals surface area contributed by atoms with E-state index < -0.39 is 0 Å². The highest BCUT2D eigenvalue weighted by Crippen LogP contribution is 2.20. The third kappa shape index (κ3) is 2.59. The highest BCUT2D eigenvalue weighted by Gasteiger charge is 2.15. The molecule has 2 aromatic heterocycles. The van der Waals surface area contributed by atoms with Crippen molar-refractivity contribution < 1.29 is 0 Å². The number of hydrogen-bond donors (Lipinski definition) is 1. The quantitative estimate of drug-likeness (QED) is 0.893. The number of nitrogens with one attached hydrogen (secondary N) is 1. The van der Waals surface area contributed by atoms with Gasteiger partial charge in [-0.2, -0.15) is 5.10 Å². The number of hydrogen-bond acceptors (Lipinski definition) is 3. The van der Waals surface area contributed by atoms with E-state index in [9.17, 15) is 0 Å². The average Bonchev–Trinajstić information content (AvgIpc) is 2.66. The van der Waals surface area contributed by atoms with Crippen LogP contribution >= 0.6 is 0 Å². The molecule has 0 saturated heterocycles. The third-order valence-corrected chi connectivity index (χ3v) is 3.32. The van der Waals surface area contributed by atoms with E-state index in [1.54, 1.807) is 0 Å². The SMILES string of the molecule is CNC(Cc1cc(C)nn1C)c1cnccc1C. The smallest absolute Gasteiger partial charge is 0.0596 e. The van der Waals surface area contributed by atoms with Gasteiger partial charge in [-0.3, -0.25) is 9.67 Å². The molecule has 1 unspecified atom stereocenters. The number of aryl methyl sites for hydroxylation is 3. The molecular formula is C14H20N4. The van der Waals surface area contributed by atoms with Gasteiger partial charge in [0, 0.05) is 37.6 Å². The van der Waals surface area contributed by atoms with Gasteiger partial charge in [0.15, 0.2) is 0 Å². The summed E-state index contributed by atoms with van der Waals surface area (Å²) in [5, 5.41) is 7.75. The minimum atomic E-state index is 0.272. The molecule has 1 atom stereocenters. The second kappa shape index (κ2) is 5.31. The summed E-state index contributed by atoms with van der Waals surface area (Å²) in [4.78, 5) is 4.22. The van der Waals surface area contributed by atoms with Gasteiger partial charge < -0.3 is 5.32 Å². The van der Waals surface area contributed by atoms with Gasteiger partial charge in [-0.25, -0.2) is 0 Å². The third-order valence-electron chi connectivity index (χ3n) is 3.32. The normalized spacial score (nSPS) is 12.7. The Morgan fingerprint density at radius 3 is 2.72 bits per heavy atom. The van der Waals surface area contributed by atoms with Gasteiger partial charge >= 0.3 is 0 Å². The standard InChI is InChI=1S/C14H20N4/c1-10-5-6-16-9-13(10)14(15-3)8-12-7-11(2)17-18(12)4/h5-7,9,14-15H,8H2,1-4H3. The van der Waals surface area contributed by atoms with Crippen molar-refractivity contribution >= 4 is 0 Å². The number of likely N-dealkylation sites (N-methyl/N-ethyl adjacent to an activating group) is 1. The summed E-state index contributed by atoms with van der Waals surface area (Å²) in [6, 6.07) is 4.46. The van der Waals surface area contributed by atoms with Crippen LogP contribution in [0.3, 0.4) is 0 Å². The second-order valence-corrected chi connectivity index (χ2v) is 4.68. The Morgan fingerprint density at radius 1 is 1.39 bits per heavy atom. The molecule has 0 radical (unpaired) electrons. The minimum absolute atomic E-state index is 0.272. The van der Waals surface area contributed by atoms with Crippen molar-refractivity contribution in [3.05, 3.63) is 47.0 Å². The zero-order valence-corrected chi connectivity index (χ0v) is 11.4. The molecule has 0 aliphatic heterocycles. The summed E-state index contributed by atoms with van der Waals surface area (Å²) < 4.78 is 1.95. The van der Waals surface area contributed by atoms with Crippen LogP contribution in [0, 0.1) is 13.8 Å². The molecule has 4 heteroatoms. The van der Waals surface area contributed by atoms with Crippen LogP contribution in [-0.2, 0) is 13.5 Å². The lowest BCUT2D eigenvalue weighted by molar-refractivity contribution is 0.557. The van der Waals surface area contributed by atoms with Crippen molar-refractivity contribution in [1.29, 1.82) is 0 Å². The summed E-state index contributed by atoms with van der Waals surface area (Å²) in [5.41, 5.74) is 4.81. The number of pyridine rings is 1. The maximum Gasteiger partial charge on any atom is 0.0596 e. The van der Waals surface area contributed by atoms with Crippen LogP contribution in [0.4, 0.5) is 0 Å². The van der Waals surface area contributed by atoms with Crippen LogP contribution < -0.4 is 5.32 Å². The molecule has 1 N–H and O–H groups in total. The van der Waals surface area contributed by atoms with Gasteiger partial charge in [0.1, 0.15) is 0 Å². The fourth-order valence-electron chi connectivity index (χ4n) is 2.27. The zero-order chi connectivity index (χ0) is 13.1. The fraction of sp³-hybridized carbons (Fsp3) is 0.429. The Kier molecular flexibility index (Phi) is 3.77. The summed E-state index contributed by atoms with van der Waals surface area (Å²) >= 11 is 0. The van der Waals surface area contributed by atoms with Gasteiger partial charge in [0.05, 0.1) is 5.69 Å². The molecule has 0 aromatic carbocycles. The van der Waals surface area contributed by atoms with E-state index in [0.717, 1.165) is 12.1 Å². The van der Waals surface area contributed by atoms with E-state index >= 15 is 0 Å². The Bertz CT molecular complexity index is 530. The van der Waals surface area contributed by atoms with Crippen LogP contribution in [0.25, 0.3) is 0 Å². The largest absolute Gasteiger partial charge is 0.313 e. The number of aromatic nitrogens is 3. The molecule has 18 heavy (non-hydrogen) atoms. The Hall–Kier alpha value is -1.68. The maximum atomic E-state index is 4.39. The molecule has 0 aliphatic carbocycles. The Balaban J connectivity index is 2.25. The summed E-state index contributed by atoms with van der Waals surface area (Å²) in [5.74, 6) is 0. The maximum absolute atomic E-state index is 4.39. The predicted molar refractivity (Wildman–Crippen MR) is 72.4 cm³/mol. The van der Waals surface area contributed by atoms with Gasteiger partial charge in [-0.15, -0.1) is 0 Å². The molecule has 2 rings (SSSR count). The predicted octanol–water partition coefficient (Wildman–Crippen LogP) is 1.94. The topological polar surface area (TPSA) is 42.7 Å². The molecule has 0 amide bonds. The Morgan fingerprint density at radius 2 is 2.17 bits per heavy atom. The van der Waals surface area contributed by atoms with E-state index in [0.29, 0.717) is 0 Å². The molecule has 0 aliphatic rings. The van der Waals surface area contributed by atoms with Gasteiger partial charge in [0.25, 0.3) is 0 Å². The molecule has 0 saturated carbocycles. The first-order valence-electron chi connectivity index (χ1n) is 6.19. The van der Waals surface area contributed by atoms with Crippen molar-refractivity contribution in [2.45, 2.75) is 26.3 Å². The Labute approximate surface area is 108 Å². The summed E-state index contributed by atoms with van der Waals surface area (Å²) in [6.45, 7) is 4.14. The van der Waals surface area contributed by atoms with E-state index in [2.05, 4.69) is 28.4 Å². The van der Waals surface area contributed by atoms with Crippen molar-refractivity contribution in [2.24, 2.45) is 7.05 Å². The van der Waals surface area contributed by atoms with E-state index in [1.165, 1.54) is 16.8 Å². The molecule has 2 heterocycles. The van der Waals surface area contributed by atoms with Crippen LogP contribution in [0.2, 0.25) is 0 Å². The van der Waals surface area contributed by atoms with Crippen LogP contribution in [0.1, 0.15) is 28.6 Å². The molecular weight excluding hydrogens is 224 g/mol. The van der Waals surface area contributed by atoms with Crippen molar-refractivity contribution in [3.63, 3.8) is 0 Å². The number of rotatable bonds is 4. The van der Waals surface area contributed by atoms with Crippen LogP contribution in [0.15, 0.2) is 24.5 Å². The van der Waals surface area contributed by atoms with Crippen molar-refractivity contribution in [1.82, 2.24) is 20.1 Å². The van der Waals surface area contributed by atoms with Gasteiger partial charge in [-0.05, 0) is 44.2 Å². The molecule has 4 nitrogen and oxygen atoms in total. The zero-order valence-electron chi connectivity index (χ0n) is 11.4. The minimum Gasteiger partial charge on any atom is -0.313 e. The average molecular weight is 244 g/mol. The van der Waals surface area contributed by atoms with E-state index in [1.807, 2.05) is 44.2 Å². The lowest BCUT2D eigenvalue weighted by atomic mass is 9.99. The van der Waals surface area contributed by atoms with Gasteiger partial charge in [0.2, 0.25) is 0 Å². The van der Waals surface area contributed by atoms with Crippen LogP contribution in [0.5, 0.6) is 0 Å². The van der Waals surface area contributed by atoms with E-state index in [-0.39, 0.29) is 6.04 Å². The van der Waals surface area contributed by atoms with Crippen molar-refractivity contribution in [2.75, 3.05) is 7.05 Å². The lowest BCUT2D eigenvalue weighted by Crippen LogP contribution is -2.21. The first-order chi connectivity index (χ1) is 8.61. The fourth-order valence-corrected chi connectivity index (χ4v) is 2.27. The monoisotopic (exact) mass is 244 g/mol. The molecule has 0 spiro atoms. The van der Waals surface area contributed by atoms with Crippen LogP contribution in [-0.4, -0.2) is 21.8 Å². The number of nitrogens with zero attached hydrogens (tertiary/aromatic N) is 3. The first kappa shape index (κ1) is 12.8. The van der Waals surface area contributed by atoms with Crippen molar-refractivity contribution in [3.8, 4) is 0 Å². The highest BCUT2D eigenvalue weighted by molar-refractivity contribution is 5.26. The first-order valence-corrected chi connectivity index (χ1v) is 6.19.